The molecule has 1 saturated heterocycles. The lowest BCUT2D eigenvalue weighted by Gasteiger charge is -2.18. The first kappa shape index (κ1) is 14.7. The molecule has 0 aliphatic carbocycles. The summed E-state index contributed by atoms with van der Waals surface area (Å²) in [5, 5.41) is 6.11. The minimum absolute atomic E-state index is 0.0444. The van der Waals surface area contributed by atoms with Crippen LogP contribution in [-0.4, -0.2) is 31.6 Å². The van der Waals surface area contributed by atoms with Gasteiger partial charge in [0.25, 0.3) is 0 Å². The summed E-state index contributed by atoms with van der Waals surface area (Å²) in [5.41, 5.74) is 2.27. The summed E-state index contributed by atoms with van der Waals surface area (Å²) in [5.74, 6) is 0.0444. The van der Waals surface area contributed by atoms with E-state index in [1.54, 1.807) is 0 Å². The van der Waals surface area contributed by atoms with Crippen molar-refractivity contribution in [1.29, 1.82) is 0 Å². The molecule has 0 saturated carbocycles. The predicted octanol–water partition coefficient (Wildman–Crippen LogP) is 2.61. The van der Waals surface area contributed by atoms with E-state index in [4.69, 9.17) is 0 Å². The second kappa shape index (κ2) is 7.17. The van der Waals surface area contributed by atoms with Crippen molar-refractivity contribution in [2.24, 2.45) is 0 Å². The van der Waals surface area contributed by atoms with Crippen LogP contribution in [0, 0.1) is 0 Å². The Balaban J connectivity index is 1.80. The van der Waals surface area contributed by atoms with E-state index < -0.39 is 0 Å². The minimum Gasteiger partial charge on any atom is -0.376 e. The molecular formula is C16H25N3O. The highest BCUT2D eigenvalue weighted by Gasteiger charge is 2.11. The highest BCUT2D eigenvalue weighted by molar-refractivity contribution is 5.81. The van der Waals surface area contributed by atoms with Crippen molar-refractivity contribution < 1.29 is 4.79 Å². The Labute approximate surface area is 121 Å². The predicted molar refractivity (Wildman–Crippen MR) is 84.3 cm³/mol. The molecule has 0 bridgehead atoms. The van der Waals surface area contributed by atoms with E-state index in [1.165, 1.54) is 18.5 Å². The van der Waals surface area contributed by atoms with E-state index in [0.29, 0.717) is 6.54 Å². The number of nitrogens with zero attached hydrogens (tertiary/aromatic N) is 1. The van der Waals surface area contributed by atoms with Gasteiger partial charge in [-0.05, 0) is 50.5 Å². The van der Waals surface area contributed by atoms with Crippen molar-refractivity contribution >= 4 is 17.3 Å². The molecule has 1 aliphatic heterocycles. The zero-order valence-electron chi connectivity index (χ0n) is 12.5. The third-order valence-electron chi connectivity index (χ3n) is 3.81. The Morgan fingerprint density at radius 2 is 1.90 bits per heavy atom. The van der Waals surface area contributed by atoms with Gasteiger partial charge in [0.05, 0.1) is 6.54 Å². The second-order valence-electron chi connectivity index (χ2n) is 5.47. The number of hydrogen-bond donors (Lipinski definition) is 2. The molecule has 1 aromatic carbocycles. The number of anilines is 2. The summed E-state index contributed by atoms with van der Waals surface area (Å²) < 4.78 is 0. The molecular weight excluding hydrogens is 250 g/mol. The first-order valence-electron chi connectivity index (χ1n) is 7.57. The third kappa shape index (κ3) is 4.15. The zero-order valence-corrected chi connectivity index (χ0v) is 12.5. The zero-order chi connectivity index (χ0) is 14.4. The summed E-state index contributed by atoms with van der Waals surface area (Å²) in [6.07, 6.45) is 3.53. The topological polar surface area (TPSA) is 44.4 Å². The smallest absolute Gasteiger partial charge is 0.239 e. The van der Waals surface area contributed by atoms with Crippen LogP contribution in [0.5, 0.6) is 0 Å². The van der Waals surface area contributed by atoms with Gasteiger partial charge in [0.15, 0.2) is 0 Å². The minimum atomic E-state index is 0.0444. The van der Waals surface area contributed by atoms with E-state index >= 15 is 0 Å². The lowest BCUT2D eigenvalue weighted by atomic mass is 10.2. The quantitative estimate of drug-likeness (QED) is 0.839. The normalized spacial score (nSPS) is 16.0. The summed E-state index contributed by atoms with van der Waals surface area (Å²) in [6, 6.07) is 8.58. The molecule has 110 valence electrons. The van der Waals surface area contributed by atoms with E-state index in [9.17, 15) is 4.79 Å². The maximum absolute atomic E-state index is 11.7. The molecule has 2 rings (SSSR count). The average Bonchev–Trinajstić information content (AvgIpc) is 2.99. The Bertz CT molecular complexity index is 424. The van der Waals surface area contributed by atoms with Crippen LogP contribution in [-0.2, 0) is 4.79 Å². The first-order valence-corrected chi connectivity index (χ1v) is 7.57. The Hall–Kier alpha value is -1.71. The van der Waals surface area contributed by atoms with Crippen molar-refractivity contribution in [3.05, 3.63) is 24.3 Å². The van der Waals surface area contributed by atoms with Crippen molar-refractivity contribution in [2.45, 2.75) is 39.2 Å². The molecule has 1 atom stereocenters. The summed E-state index contributed by atoms with van der Waals surface area (Å²) >= 11 is 0. The fourth-order valence-corrected chi connectivity index (χ4v) is 2.38. The van der Waals surface area contributed by atoms with Gasteiger partial charge in [0.1, 0.15) is 0 Å². The lowest BCUT2D eigenvalue weighted by Crippen LogP contribution is -2.36. The van der Waals surface area contributed by atoms with Crippen molar-refractivity contribution in [3.63, 3.8) is 0 Å². The second-order valence-corrected chi connectivity index (χ2v) is 5.47. The molecule has 20 heavy (non-hydrogen) atoms. The van der Waals surface area contributed by atoms with Crippen LogP contribution in [0.4, 0.5) is 11.4 Å². The van der Waals surface area contributed by atoms with Gasteiger partial charge >= 0.3 is 0 Å². The van der Waals surface area contributed by atoms with E-state index in [2.05, 4.69) is 34.6 Å². The van der Waals surface area contributed by atoms with Crippen LogP contribution in [0.2, 0.25) is 0 Å². The number of hydrogen-bond acceptors (Lipinski definition) is 3. The van der Waals surface area contributed by atoms with Gasteiger partial charge in [-0.2, -0.15) is 0 Å². The van der Waals surface area contributed by atoms with Crippen molar-refractivity contribution in [2.75, 3.05) is 29.9 Å². The van der Waals surface area contributed by atoms with Gasteiger partial charge in [-0.3, -0.25) is 4.79 Å². The fourth-order valence-electron chi connectivity index (χ4n) is 2.38. The molecule has 1 unspecified atom stereocenters. The van der Waals surface area contributed by atoms with Gasteiger partial charge in [-0.1, -0.05) is 6.92 Å². The molecule has 0 aromatic heterocycles. The molecule has 0 spiro atoms. The maximum atomic E-state index is 11.7. The molecule has 4 heteroatoms. The Morgan fingerprint density at radius 1 is 1.25 bits per heavy atom. The van der Waals surface area contributed by atoms with Crippen LogP contribution >= 0.6 is 0 Å². The number of rotatable bonds is 6. The lowest BCUT2D eigenvalue weighted by molar-refractivity contribution is -0.120. The summed E-state index contributed by atoms with van der Waals surface area (Å²) in [4.78, 5) is 14.1. The molecule has 1 aliphatic rings. The highest BCUT2D eigenvalue weighted by atomic mass is 16.1. The fraction of sp³-hybridized carbons (Fsp3) is 0.562. The SMILES string of the molecule is CCC(C)NC(=O)CNc1ccc(N2CCCC2)cc1. The number of benzene rings is 1. The van der Waals surface area contributed by atoms with Crippen LogP contribution in [0.1, 0.15) is 33.1 Å². The molecule has 2 N–H and O–H groups in total. The van der Waals surface area contributed by atoms with Gasteiger partial charge in [0.2, 0.25) is 5.91 Å². The van der Waals surface area contributed by atoms with Gasteiger partial charge in [0, 0.05) is 30.5 Å². The van der Waals surface area contributed by atoms with Gasteiger partial charge in [-0.25, -0.2) is 0 Å². The number of nitrogens with one attached hydrogen (secondary N) is 2. The van der Waals surface area contributed by atoms with Gasteiger partial charge in [-0.15, -0.1) is 0 Å². The van der Waals surface area contributed by atoms with Crippen LogP contribution in [0.15, 0.2) is 24.3 Å². The monoisotopic (exact) mass is 275 g/mol. The molecule has 1 fully saturated rings. The largest absolute Gasteiger partial charge is 0.376 e. The average molecular weight is 275 g/mol. The molecule has 4 nitrogen and oxygen atoms in total. The summed E-state index contributed by atoms with van der Waals surface area (Å²) in [7, 11) is 0. The third-order valence-corrected chi connectivity index (χ3v) is 3.81. The van der Waals surface area contributed by atoms with E-state index in [1.807, 2.05) is 19.1 Å². The molecule has 1 amide bonds. The molecule has 1 aromatic rings. The van der Waals surface area contributed by atoms with Crippen molar-refractivity contribution in [1.82, 2.24) is 5.32 Å². The molecule has 1 heterocycles. The maximum Gasteiger partial charge on any atom is 0.239 e. The molecule has 0 radical (unpaired) electrons. The van der Waals surface area contributed by atoms with Crippen LogP contribution in [0.25, 0.3) is 0 Å². The summed E-state index contributed by atoms with van der Waals surface area (Å²) in [6.45, 7) is 6.72. The number of carbonyl (C=O) groups is 1. The Morgan fingerprint density at radius 3 is 2.50 bits per heavy atom. The standard InChI is InChI=1S/C16H25N3O/c1-3-13(2)18-16(20)12-17-14-6-8-15(9-7-14)19-10-4-5-11-19/h6-9,13,17H,3-5,10-12H2,1-2H3,(H,18,20). The van der Waals surface area contributed by atoms with Crippen molar-refractivity contribution in [3.8, 4) is 0 Å². The van der Waals surface area contributed by atoms with E-state index in [-0.39, 0.29) is 11.9 Å². The van der Waals surface area contributed by atoms with Gasteiger partial charge < -0.3 is 15.5 Å². The number of carbonyl (C=O) groups excluding carboxylic acids is 1. The highest BCUT2D eigenvalue weighted by Crippen LogP contribution is 2.21. The van der Waals surface area contributed by atoms with Crippen LogP contribution < -0.4 is 15.5 Å². The van der Waals surface area contributed by atoms with E-state index in [0.717, 1.165) is 25.2 Å². The Kier molecular flexibility index (Phi) is 5.27. The van der Waals surface area contributed by atoms with Crippen LogP contribution in [0.3, 0.4) is 0 Å². The first-order chi connectivity index (χ1) is 9.69. The number of amides is 1.